The highest BCUT2D eigenvalue weighted by Crippen LogP contribution is 2.32. The normalized spacial score (nSPS) is 22.8. The first kappa shape index (κ1) is 15.1. The summed E-state index contributed by atoms with van der Waals surface area (Å²) in [5.41, 5.74) is 7.36. The second-order valence-electron chi connectivity index (χ2n) is 5.94. The van der Waals surface area contributed by atoms with Gasteiger partial charge in [0.2, 0.25) is 12.7 Å². The van der Waals surface area contributed by atoms with Gasteiger partial charge in [-0.1, -0.05) is 19.4 Å². The zero-order valence-electron chi connectivity index (χ0n) is 13.1. The Morgan fingerprint density at radius 3 is 2.95 bits per heavy atom. The van der Waals surface area contributed by atoms with Crippen molar-refractivity contribution in [1.29, 1.82) is 0 Å². The summed E-state index contributed by atoms with van der Waals surface area (Å²) in [5, 5.41) is 0. The van der Waals surface area contributed by atoms with Crippen LogP contribution in [0, 0.1) is 0 Å². The monoisotopic (exact) mass is 305 g/mol. The molecule has 2 heterocycles. The van der Waals surface area contributed by atoms with Gasteiger partial charge in [0, 0.05) is 19.6 Å². The van der Waals surface area contributed by atoms with Crippen LogP contribution in [0.5, 0.6) is 11.5 Å². The topological polar surface area (TPSA) is 62.8 Å². The summed E-state index contributed by atoms with van der Waals surface area (Å²) in [4.78, 5) is 14.3. The van der Waals surface area contributed by atoms with Crippen LogP contribution in [0.1, 0.15) is 31.7 Å². The van der Waals surface area contributed by atoms with Crippen molar-refractivity contribution in [3.63, 3.8) is 0 Å². The van der Waals surface area contributed by atoms with Crippen molar-refractivity contribution < 1.29 is 14.3 Å². The number of rotatable bonds is 5. The highest BCUT2D eigenvalue weighted by molar-refractivity contribution is 5.82. The molecule has 0 bridgehead atoms. The Balaban J connectivity index is 1.57. The van der Waals surface area contributed by atoms with E-state index >= 15 is 0 Å². The molecule has 1 saturated heterocycles. The maximum Gasteiger partial charge on any atom is 0.241 e. The molecule has 1 fully saturated rings. The minimum absolute atomic E-state index is 0.115. The van der Waals surface area contributed by atoms with E-state index in [1.165, 1.54) is 0 Å². The predicted octanol–water partition coefficient (Wildman–Crippen LogP) is 1.41. The third-order valence-corrected chi connectivity index (χ3v) is 4.15. The Labute approximate surface area is 130 Å². The molecule has 0 radical (unpaired) electrons. The summed E-state index contributed by atoms with van der Waals surface area (Å²) in [5.74, 6) is 1.63. The molecule has 2 aliphatic heterocycles. The molecule has 6 nitrogen and oxygen atoms in total. The van der Waals surface area contributed by atoms with E-state index in [0.717, 1.165) is 36.3 Å². The molecule has 0 aromatic heterocycles. The third kappa shape index (κ3) is 3.18. The van der Waals surface area contributed by atoms with Crippen LogP contribution in [0.4, 0.5) is 0 Å². The number of hydrogen-bond donors (Lipinski definition) is 2. The Hall–Kier alpha value is -1.79. The van der Waals surface area contributed by atoms with E-state index < -0.39 is 0 Å². The lowest BCUT2D eigenvalue weighted by molar-refractivity contribution is -0.132. The standard InChI is InChI=1S/C16H23N3O3/c1-3-4-12-8-13(18-17-12)16(20)19(2)9-11-5-6-14-15(7-11)22-10-21-14/h5-7,12-13,17-18H,3-4,8-10H2,1-2H3. The molecule has 6 heteroatoms. The molecule has 1 aromatic rings. The van der Waals surface area contributed by atoms with Crippen molar-refractivity contribution in [2.24, 2.45) is 0 Å². The van der Waals surface area contributed by atoms with Crippen molar-refractivity contribution in [2.45, 2.75) is 44.8 Å². The fourth-order valence-corrected chi connectivity index (χ4v) is 2.98. The first-order valence-corrected chi connectivity index (χ1v) is 7.82. The molecule has 2 unspecified atom stereocenters. The molecule has 2 aliphatic rings. The number of nitrogens with zero attached hydrogens (tertiary/aromatic N) is 1. The van der Waals surface area contributed by atoms with Crippen molar-refractivity contribution in [3.8, 4) is 11.5 Å². The largest absolute Gasteiger partial charge is 0.454 e. The van der Waals surface area contributed by atoms with Crippen LogP contribution in [0.2, 0.25) is 0 Å². The molecule has 2 N–H and O–H groups in total. The van der Waals surface area contributed by atoms with Gasteiger partial charge in [-0.2, -0.15) is 0 Å². The lowest BCUT2D eigenvalue weighted by Gasteiger charge is -2.21. The molecule has 0 spiro atoms. The number of amides is 1. The van der Waals surface area contributed by atoms with Gasteiger partial charge >= 0.3 is 0 Å². The number of hydrogen-bond acceptors (Lipinski definition) is 5. The predicted molar refractivity (Wildman–Crippen MR) is 82.4 cm³/mol. The summed E-state index contributed by atoms with van der Waals surface area (Å²) in [7, 11) is 1.84. The highest BCUT2D eigenvalue weighted by atomic mass is 16.7. The van der Waals surface area contributed by atoms with Gasteiger partial charge in [-0.15, -0.1) is 0 Å². The number of hydrazine groups is 1. The van der Waals surface area contributed by atoms with Crippen LogP contribution < -0.4 is 20.3 Å². The second kappa shape index (κ2) is 6.54. The number of carbonyl (C=O) groups excluding carboxylic acids is 1. The van der Waals surface area contributed by atoms with Crippen LogP contribution in [0.25, 0.3) is 0 Å². The molecule has 1 aromatic carbocycles. The van der Waals surface area contributed by atoms with Crippen molar-refractivity contribution in [2.75, 3.05) is 13.8 Å². The zero-order chi connectivity index (χ0) is 15.5. The molecular formula is C16H23N3O3. The van der Waals surface area contributed by atoms with E-state index in [0.29, 0.717) is 12.6 Å². The minimum atomic E-state index is -0.143. The summed E-state index contributed by atoms with van der Waals surface area (Å²) in [6.45, 7) is 2.98. The first-order valence-electron chi connectivity index (χ1n) is 7.82. The van der Waals surface area contributed by atoms with E-state index in [4.69, 9.17) is 9.47 Å². The number of benzene rings is 1. The zero-order valence-corrected chi connectivity index (χ0v) is 13.1. The number of carbonyl (C=O) groups is 1. The Morgan fingerprint density at radius 1 is 1.32 bits per heavy atom. The highest BCUT2D eigenvalue weighted by Gasteiger charge is 2.30. The van der Waals surface area contributed by atoms with Crippen LogP contribution in [-0.4, -0.2) is 36.7 Å². The first-order chi connectivity index (χ1) is 10.7. The van der Waals surface area contributed by atoms with Crippen molar-refractivity contribution in [3.05, 3.63) is 23.8 Å². The van der Waals surface area contributed by atoms with Crippen LogP contribution in [0.15, 0.2) is 18.2 Å². The summed E-state index contributed by atoms with van der Waals surface area (Å²) in [6.07, 6.45) is 3.05. The maximum absolute atomic E-state index is 12.5. The van der Waals surface area contributed by atoms with Crippen LogP contribution in [-0.2, 0) is 11.3 Å². The van der Waals surface area contributed by atoms with Gasteiger partial charge in [0.25, 0.3) is 0 Å². The molecule has 3 rings (SSSR count). The average Bonchev–Trinajstić information content (AvgIpc) is 3.15. The van der Waals surface area contributed by atoms with E-state index in [1.807, 2.05) is 25.2 Å². The summed E-state index contributed by atoms with van der Waals surface area (Å²) in [6, 6.07) is 6.04. The van der Waals surface area contributed by atoms with Crippen LogP contribution in [0.3, 0.4) is 0 Å². The molecule has 2 atom stereocenters. The van der Waals surface area contributed by atoms with Gasteiger partial charge in [0.15, 0.2) is 11.5 Å². The Kier molecular flexibility index (Phi) is 4.49. The second-order valence-corrected chi connectivity index (χ2v) is 5.94. The van der Waals surface area contributed by atoms with E-state index in [-0.39, 0.29) is 18.7 Å². The fraction of sp³-hybridized carbons (Fsp3) is 0.562. The van der Waals surface area contributed by atoms with Gasteiger partial charge in [0.1, 0.15) is 6.04 Å². The number of nitrogens with one attached hydrogen (secondary N) is 2. The lowest BCUT2D eigenvalue weighted by Crippen LogP contribution is -2.43. The van der Waals surface area contributed by atoms with Crippen molar-refractivity contribution in [1.82, 2.24) is 15.8 Å². The number of fused-ring (bicyclic) bond motifs is 1. The molecular weight excluding hydrogens is 282 g/mol. The average molecular weight is 305 g/mol. The molecule has 0 saturated carbocycles. The van der Waals surface area contributed by atoms with E-state index in [1.54, 1.807) is 4.90 Å². The number of ether oxygens (including phenoxy) is 2. The van der Waals surface area contributed by atoms with Gasteiger partial charge in [0.05, 0.1) is 0 Å². The molecule has 120 valence electrons. The Bertz CT molecular complexity index is 549. The molecule has 1 amide bonds. The van der Waals surface area contributed by atoms with Gasteiger partial charge in [-0.05, 0) is 30.5 Å². The SMILES string of the molecule is CCCC1CC(C(=O)N(C)Cc2ccc3c(c2)OCO3)NN1. The van der Waals surface area contributed by atoms with Crippen LogP contribution >= 0.6 is 0 Å². The third-order valence-electron chi connectivity index (χ3n) is 4.15. The lowest BCUT2D eigenvalue weighted by atomic mass is 10.1. The summed E-state index contributed by atoms with van der Waals surface area (Å²) < 4.78 is 10.7. The summed E-state index contributed by atoms with van der Waals surface area (Å²) >= 11 is 0. The molecule has 0 aliphatic carbocycles. The van der Waals surface area contributed by atoms with E-state index in [2.05, 4.69) is 17.8 Å². The van der Waals surface area contributed by atoms with E-state index in [9.17, 15) is 4.79 Å². The smallest absolute Gasteiger partial charge is 0.241 e. The minimum Gasteiger partial charge on any atom is -0.454 e. The fourth-order valence-electron chi connectivity index (χ4n) is 2.98. The Morgan fingerprint density at radius 2 is 2.14 bits per heavy atom. The van der Waals surface area contributed by atoms with Gasteiger partial charge < -0.3 is 14.4 Å². The maximum atomic E-state index is 12.5. The van der Waals surface area contributed by atoms with Gasteiger partial charge in [-0.3, -0.25) is 10.2 Å². The van der Waals surface area contributed by atoms with Crippen molar-refractivity contribution >= 4 is 5.91 Å². The molecule has 22 heavy (non-hydrogen) atoms. The number of likely N-dealkylation sites (N-methyl/N-ethyl adjacent to an activating group) is 1. The van der Waals surface area contributed by atoms with Gasteiger partial charge in [-0.25, -0.2) is 5.43 Å². The quantitative estimate of drug-likeness (QED) is 0.861.